The van der Waals surface area contributed by atoms with E-state index < -0.39 is 0 Å². The van der Waals surface area contributed by atoms with Crippen LogP contribution in [0.25, 0.3) is 0 Å². The highest BCUT2D eigenvalue weighted by Crippen LogP contribution is 2.32. The van der Waals surface area contributed by atoms with Gasteiger partial charge in [-0.2, -0.15) is 0 Å². The maximum absolute atomic E-state index is 2.37. The van der Waals surface area contributed by atoms with Crippen molar-refractivity contribution in [1.82, 2.24) is 0 Å². The lowest BCUT2D eigenvalue weighted by atomic mass is 9.80. The fourth-order valence-electron chi connectivity index (χ4n) is 2.69. The highest BCUT2D eigenvalue weighted by atomic mass is 14.3. The maximum atomic E-state index is 2.37. The van der Waals surface area contributed by atoms with Gasteiger partial charge in [0.15, 0.2) is 0 Å². The molecule has 1 atom stereocenters. The van der Waals surface area contributed by atoms with Crippen LogP contribution in [0, 0.1) is 5.41 Å². The van der Waals surface area contributed by atoms with Gasteiger partial charge in [-0.1, -0.05) is 99.7 Å². The van der Waals surface area contributed by atoms with Crippen molar-refractivity contribution in [3.63, 3.8) is 0 Å². The van der Waals surface area contributed by atoms with Crippen molar-refractivity contribution in [2.45, 2.75) is 40.0 Å². The summed E-state index contributed by atoms with van der Waals surface area (Å²) in [4.78, 5) is 0. The van der Waals surface area contributed by atoms with E-state index in [-0.39, 0.29) is 10.8 Å². The van der Waals surface area contributed by atoms with E-state index in [2.05, 4.69) is 114 Å². The summed E-state index contributed by atoms with van der Waals surface area (Å²) in [5.41, 5.74) is 3.94. The molecule has 0 bridgehead atoms. The zero-order chi connectivity index (χ0) is 16.9. The molecule has 0 nitrogen and oxygen atoms in total. The summed E-state index contributed by atoms with van der Waals surface area (Å²) in [6.07, 6.45) is 17.8. The Labute approximate surface area is 141 Å². The molecular formula is C23H28. The molecule has 23 heavy (non-hydrogen) atoms. The normalized spacial score (nSPS) is 22.3. The second-order valence-electron chi connectivity index (χ2n) is 7.41. The van der Waals surface area contributed by atoms with Gasteiger partial charge < -0.3 is 0 Å². The zero-order valence-corrected chi connectivity index (χ0v) is 15.0. The van der Waals surface area contributed by atoms with Crippen molar-refractivity contribution >= 4 is 0 Å². The molecule has 0 saturated carbocycles. The van der Waals surface area contributed by atoms with Crippen LogP contribution in [0.4, 0.5) is 0 Å². The average Bonchev–Trinajstić information content (AvgIpc) is 2.71. The van der Waals surface area contributed by atoms with Gasteiger partial charge in [-0.05, 0) is 36.0 Å². The first-order valence-corrected chi connectivity index (χ1v) is 8.34. The molecule has 1 aromatic carbocycles. The third-order valence-corrected chi connectivity index (χ3v) is 4.09. The molecule has 0 spiro atoms. The number of hydrogen-bond acceptors (Lipinski definition) is 0. The van der Waals surface area contributed by atoms with E-state index in [1.54, 1.807) is 0 Å². The van der Waals surface area contributed by atoms with Crippen LogP contribution < -0.4 is 0 Å². The molecule has 0 heteroatoms. The van der Waals surface area contributed by atoms with Crippen LogP contribution in [-0.4, -0.2) is 0 Å². The van der Waals surface area contributed by atoms with Gasteiger partial charge in [0.25, 0.3) is 0 Å². The summed E-state index contributed by atoms with van der Waals surface area (Å²) in [6, 6.07) is 10.7. The van der Waals surface area contributed by atoms with E-state index >= 15 is 0 Å². The van der Waals surface area contributed by atoms with Crippen LogP contribution in [0.15, 0.2) is 90.1 Å². The topological polar surface area (TPSA) is 0 Å². The van der Waals surface area contributed by atoms with Crippen molar-refractivity contribution in [2.75, 3.05) is 0 Å². The number of hydrogen-bond donors (Lipinski definition) is 0. The molecule has 0 aliphatic heterocycles. The Bertz CT molecular complexity index is 672. The Hall–Kier alpha value is -2.08. The maximum Gasteiger partial charge on any atom is 0.0295 e. The Morgan fingerprint density at radius 1 is 1.04 bits per heavy atom. The molecule has 1 aliphatic rings. The van der Waals surface area contributed by atoms with Gasteiger partial charge in [0.1, 0.15) is 0 Å². The first-order valence-electron chi connectivity index (χ1n) is 8.34. The van der Waals surface area contributed by atoms with E-state index in [1.807, 2.05) is 0 Å². The third-order valence-electron chi connectivity index (χ3n) is 4.09. The van der Waals surface area contributed by atoms with Gasteiger partial charge in [-0.3, -0.25) is 0 Å². The fourth-order valence-corrected chi connectivity index (χ4v) is 2.69. The summed E-state index contributed by atoms with van der Waals surface area (Å²) >= 11 is 0. The van der Waals surface area contributed by atoms with E-state index in [1.165, 1.54) is 16.7 Å². The molecule has 0 N–H and O–H groups in total. The molecule has 0 aromatic heterocycles. The van der Waals surface area contributed by atoms with Gasteiger partial charge in [0.2, 0.25) is 0 Å². The van der Waals surface area contributed by atoms with Crippen LogP contribution in [0.2, 0.25) is 0 Å². The second-order valence-corrected chi connectivity index (χ2v) is 7.41. The summed E-state index contributed by atoms with van der Waals surface area (Å²) in [6.45, 7) is 11.1. The Morgan fingerprint density at radius 3 is 2.35 bits per heavy atom. The van der Waals surface area contributed by atoms with E-state index in [4.69, 9.17) is 0 Å². The molecule has 0 fully saturated rings. The smallest absolute Gasteiger partial charge is 0.0295 e. The lowest BCUT2D eigenvalue weighted by Gasteiger charge is -2.24. The largest absolute Gasteiger partial charge is 0.0798 e. The number of allylic oxidation sites excluding steroid dienone is 10. The van der Waals surface area contributed by atoms with Gasteiger partial charge >= 0.3 is 0 Å². The lowest BCUT2D eigenvalue weighted by molar-refractivity contribution is 0.544. The van der Waals surface area contributed by atoms with Gasteiger partial charge in [0, 0.05) is 5.41 Å². The summed E-state index contributed by atoms with van der Waals surface area (Å²) < 4.78 is 0. The Balaban J connectivity index is 2.43. The first-order chi connectivity index (χ1) is 10.8. The number of benzene rings is 1. The molecule has 1 aliphatic carbocycles. The van der Waals surface area contributed by atoms with Gasteiger partial charge in [0.05, 0.1) is 0 Å². The average molecular weight is 304 g/mol. The van der Waals surface area contributed by atoms with Gasteiger partial charge in [-0.25, -0.2) is 0 Å². The van der Waals surface area contributed by atoms with Crippen molar-refractivity contribution in [1.29, 1.82) is 0 Å². The molecule has 1 unspecified atom stereocenters. The Kier molecular flexibility index (Phi) is 5.26. The zero-order valence-electron chi connectivity index (χ0n) is 15.0. The summed E-state index contributed by atoms with van der Waals surface area (Å²) in [7, 11) is 0. The molecule has 0 heterocycles. The highest BCUT2D eigenvalue weighted by molar-refractivity contribution is 5.53. The van der Waals surface area contributed by atoms with Crippen molar-refractivity contribution in [2.24, 2.45) is 5.41 Å². The SMILES string of the molecule is C/C=C(\C=C/C(C)(C)C)C1=CC(C)(c2ccccc2)C=CC=C1. The lowest BCUT2D eigenvalue weighted by Crippen LogP contribution is -2.16. The third kappa shape index (κ3) is 4.69. The molecule has 2 rings (SSSR count). The van der Waals surface area contributed by atoms with Crippen LogP contribution in [-0.2, 0) is 5.41 Å². The van der Waals surface area contributed by atoms with Crippen LogP contribution in [0.1, 0.15) is 40.2 Å². The minimum atomic E-state index is -0.0933. The highest BCUT2D eigenvalue weighted by Gasteiger charge is 2.22. The fraction of sp³-hybridized carbons (Fsp3) is 0.304. The number of rotatable bonds is 3. The monoisotopic (exact) mass is 304 g/mol. The van der Waals surface area contributed by atoms with E-state index in [9.17, 15) is 0 Å². The minimum Gasteiger partial charge on any atom is -0.0798 e. The molecule has 1 aromatic rings. The quantitative estimate of drug-likeness (QED) is 0.556. The second kappa shape index (κ2) is 7.00. The van der Waals surface area contributed by atoms with E-state index in [0.717, 1.165) is 0 Å². The summed E-state index contributed by atoms with van der Waals surface area (Å²) in [5, 5.41) is 0. The summed E-state index contributed by atoms with van der Waals surface area (Å²) in [5.74, 6) is 0. The molecule has 120 valence electrons. The van der Waals surface area contributed by atoms with Crippen LogP contribution in [0.3, 0.4) is 0 Å². The minimum absolute atomic E-state index is 0.0933. The van der Waals surface area contributed by atoms with E-state index in [0.29, 0.717) is 0 Å². The van der Waals surface area contributed by atoms with Crippen LogP contribution in [0.5, 0.6) is 0 Å². The van der Waals surface area contributed by atoms with Gasteiger partial charge in [-0.15, -0.1) is 0 Å². The van der Waals surface area contributed by atoms with Crippen molar-refractivity contribution in [3.05, 3.63) is 95.6 Å². The predicted octanol–water partition coefficient (Wildman–Crippen LogP) is 6.55. The predicted molar refractivity (Wildman–Crippen MR) is 103 cm³/mol. The Morgan fingerprint density at radius 2 is 1.74 bits per heavy atom. The van der Waals surface area contributed by atoms with Crippen LogP contribution >= 0.6 is 0 Å². The standard InChI is InChI=1S/C23H28/c1-6-19(15-17-22(2,3)4)20-12-10-11-16-23(5,18-20)21-13-8-7-9-14-21/h6-18H,1-5H3/b17-15-,19-6+. The molecular weight excluding hydrogens is 276 g/mol. The molecule has 0 amide bonds. The van der Waals surface area contributed by atoms with Crippen molar-refractivity contribution in [3.8, 4) is 0 Å². The van der Waals surface area contributed by atoms with Crippen molar-refractivity contribution < 1.29 is 0 Å². The molecule has 0 radical (unpaired) electrons. The molecule has 0 saturated heterocycles. The first kappa shape index (κ1) is 17.3.